The minimum Gasteiger partial charge on any atom is -0.310 e. The maximum atomic E-state index is 4.18. The van der Waals surface area contributed by atoms with Gasteiger partial charge in [0.25, 0.3) is 0 Å². The van der Waals surface area contributed by atoms with Crippen molar-refractivity contribution in [2.24, 2.45) is 11.8 Å². The number of rotatable bonds is 5. The molecule has 0 saturated heterocycles. The first-order chi connectivity index (χ1) is 8.24. The maximum absolute atomic E-state index is 4.18. The van der Waals surface area contributed by atoms with Crippen molar-refractivity contribution in [3.8, 4) is 0 Å². The zero-order valence-electron chi connectivity index (χ0n) is 11.1. The predicted octanol–water partition coefficient (Wildman–Crippen LogP) is 1.78. The first kappa shape index (κ1) is 12.5. The van der Waals surface area contributed by atoms with Gasteiger partial charge in [-0.25, -0.2) is 4.68 Å². The van der Waals surface area contributed by atoms with Crippen LogP contribution in [0.25, 0.3) is 0 Å². The van der Waals surface area contributed by atoms with E-state index in [1.54, 1.807) is 0 Å². The van der Waals surface area contributed by atoms with Crippen molar-refractivity contribution in [1.82, 2.24) is 25.5 Å². The molecule has 1 fully saturated rings. The lowest BCUT2D eigenvalue weighted by Crippen LogP contribution is -2.22. The molecule has 1 aromatic rings. The van der Waals surface area contributed by atoms with Crippen LogP contribution in [0.2, 0.25) is 0 Å². The summed E-state index contributed by atoms with van der Waals surface area (Å²) in [4.78, 5) is 0. The average molecular weight is 237 g/mol. The molecule has 3 unspecified atom stereocenters. The molecule has 1 aromatic heterocycles. The van der Waals surface area contributed by atoms with Crippen molar-refractivity contribution in [3.05, 3.63) is 5.82 Å². The number of tetrazole rings is 1. The summed E-state index contributed by atoms with van der Waals surface area (Å²) < 4.78 is 2.04. The number of hydrogen-bond acceptors (Lipinski definition) is 4. The first-order valence-electron chi connectivity index (χ1n) is 6.71. The molecule has 0 bridgehead atoms. The van der Waals surface area contributed by atoms with Gasteiger partial charge in [0.05, 0.1) is 12.6 Å². The molecule has 5 heteroatoms. The SMILES string of the molecule is CCCNCc1nnnn1C1CCC(C)C1C. The van der Waals surface area contributed by atoms with Crippen molar-refractivity contribution in [1.29, 1.82) is 0 Å². The smallest absolute Gasteiger partial charge is 0.165 e. The number of hydrogen-bond donors (Lipinski definition) is 1. The Bertz CT molecular complexity index is 348. The highest BCUT2D eigenvalue weighted by Crippen LogP contribution is 2.39. The second-order valence-corrected chi connectivity index (χ2v) is 5.20. The lowest BCUT2D eigenvalue weighted by Gasteiger charge is -2.19. The minimum absolute atomic E-state index is 0.485. The summed E-state index contributed by atoms with van der Waals surface area (Å²) in [5.41, 5.74) is 0. The van der Waals surface area contributed by atoms with E-state index in [-0.39, 0.29) is 0 Å². The molecular formula is C12H23N5. The summed E-state index contributed by atoms with van der Waals surface area (Å²) in [5, 5.41) is 15.5. The molecule has 0 aromatic carbocycles. The monoisotopic (exact) mass is 237 g/mol. The number of nitrogens with one attached hydrogen (secondary N) is 1. The lowest BCUT2D eigenvalue weighted by molar-refractivity contribution is 0.317. The van der Waals surface area contributed by atoms with Crippen LogP contribution < -0.4 is 5.32 Å². The quantitative estimate of drug-likeness (QED) is 0.793. The van der Waals surface area contributed by atoms with Crippen molar-refractivity contribution in [2.75, 3.05) is 6.54 Å². The van der Waals surface area contributed by atoms with Crippen LogP contribution in [0.1, 0.15) is 51.9 Å². The van der Waals surface area contributed by atoms with Gasteiger partial charge in [-0.2, -0.15) is 0 Å². The zero-order chi connectivity index (χ0) is 12.3. The van der Waals surface area contributed by atoms with Gasteiger partial charge in [0.2, 0.25) is 0 Å². The van der Waals surface area contributed by atoms with E-state index >= 15 is 0 Å². The molecule has 2 rings (SSSR count). The van der Waals surface area contributed by atoms with Gasteiger partial charge in [-0.3, -0.25) is 0 Å². The first-order valence-corrected chi connectivity index (χ1v) is 6.71. The predicted molar refractivity (Wildman–Crippen MR) is 66.4 cm³/mol. The highest BCUT2D eigenvalue weighted by Gasteiger charge is 2.33. The molecule has 3 atom stereocenters. The average Bonchev–Trinajstić information content (AvgIpc) is 2.89. The van der Waals surface area contributed by atoms with E-state index in [0.29, 0.717) is 12.0 Å². The molecule has 1 heterocycles. The van der Waals surface area contributed by atoms with Crippen molar-refractivity contribution in [3.63, 3.8) is 0 Å². The van der Waals surface area contributed by atoms with Crippen molar-refractivity contribution >= 4 is 0 Å². The van der Waals surface area contributed by atoms with Crippen LogP contribution in [0.15, 0.2) is 0 Å². The standard InChI is InChI=1S/C12H23N5/c1-4-7-13-8-12-14-15-16-17(12)11-6-5-9(2)10(11)3/h9-11,13H,4-8H2,1-3H3. The van der Waals surface area contributed by atoms with Crippen LogP contribution in [-0.2, 0) is 6.54 Å². The summed E-state index contributed by atoms with van der Waals surface area (Å²) in [6, 6.07) is 0.485. The molecule has 0 radical (unpaired) electrons. The molecule has 0 amide bonds. The lowest BCUT2D eigenvalue weighted by atomic mass is 9.98. The summed E-state index contributed by atoms with van der Waals surface area (Å²) in [6.07, 6.45) is 3.63. The fraction of sp³-hybridized carbons (Fsp3) is 0.917. The second-order valence-electron chi connectivity index (χ2n) is 5.20. The molecule has 17 heavy (non-hydrogen) atoms. The topological polar surface area (TPSA) is 55.6 Å². The van der Waals surface area contributed by atoms with Crippen LogP contribution in [0, 0.1) is 11.8 Å². The Hall–Kier alpha value is -0.970. The van der Waals surface area contributed by atoms with E-state index in [2.05, 4.69) is 41.6 Å². The van der Waals surface area contributed by atoms with E-state index in [0.717, 1.165) is 31.3 Å². The van der Waals surface area contributed by atoms with Crippen LogP contribution in [0.4, 0.5) is 0 Å². The molecule has 1 N–H and O–H groups in total. The van der Waals surface area contributed by atoms with Crippen molar-refractivity contribution in [2.45, 2.75) is 52.6 Å². The second kappa shape index (κ2) is 5.58. The number of aromatic nitrogens is 4. The summed E-state index contributed by atoms with van der Waals surface area (Å²) in [7, 11) is 0. The third-order valence-electron chi connectivity index (χ3n) is 4.01. The van der Waals surface area contributed by atoms with Gasteiger partial charge in [-0.15, -0.1) is 5.10 Å². The van der Waals surface area contributed by atoms with Gasteiger partial charge in [-0.1, -0.05) is 20.8 Å². The highest BCUT2D eigenvalue weighted by atomic mass is 15.6. The van der Waals surface area contributed by atoms with E-state index in [4.69, 9.17) is 0 Å². The Morgan fingerprint density at radius 3 is 2.82 bits per heavy atom. The van der Waals surface area contributed by atoms with E-state index in [9.17, 15) is 0 Å². The number of nitrogens with zero attached hydrogens (tertiary/aromatic N) is 4. The maximum Gasteiger partial charge on any atom is 0.165 e. The third-order valence-corrected chi connectivity index (χ3v) is 4.01. The van der Waals surface area contributed by atoms with Crippen LogP contribution in [0.5, 0.6) is 0 Å². The third kappa shape index (κ3) is 2.65. The summed E-state index contributed by atoms with van der Waals surface area (Å²) >= 11 is 0. The Morgan fingerprint density at radius 2 is 2.18 bits per heavy atom. The van der Waals surface area contributed by atoms with Crippen LogP contribution >= 0.6 is 0 Å². The highest BCUT2D eigenvalue weighted by molar-refractivity contribution is 4.90. The molecule has 1 saturated carbocycles. The van der Waals surface area contributed by atoms with Gasteiger partial charge in [-0.05, 0) is 48.1 Å². The molecule has 96 valence electrons. The van der Waals surface area contributed by atoms with Crippen molar-refractivity contribution < 1.29 is 0 Å². The Morgan fingerprint density at radius 1 is 1.35 bits per heavy atom. The molecule has 1 aliphatic carbocycles. The zero-order valence-corrected chi connectivity index (χ0v) is 11.1. The van der Waals surface area contributed by atoms with E-state index in [1.165, 1.54) is 12.8 Å². The van der Waals surface area contributed by atoms with E-state index < -0.39 is 0 Å². The molecule has 0 spiro atoms. The molecular weight excluding hydrogens is 214 g/mol. The summed E-state index contributed by atoms with van der Waals surface area (Å²) in [5.74, 6) is 2.42. The fourth-order valence-corrected chi connectivity index (χ4v) is 2.65. The van der Waals surface area contributed by atoms with E-state index in [1.807, 2.05) is 4.68 Å². The normalized spacial score (nSPS) is 28.8. The molecule has 5 nitrogen and oxygen atoms in total. The van der Waals surface area contributed by atoms with Crippen LogP contribution in [-0.4, -0.2) is 26.8 Å². The minimum atomic E-state index is 0.485. The van der Waals surface area contributed by atoms with Crippen LogP contribution in [0.3, 0.4) is 0 Å². The Balaban J connectivity index is 2.03. The van der Waals surface area contributed by atoms with Gasteiger partial charge >= 0.3 is 0 Å². The summed E-state index contributed by atoms with van der Waals surface area (Å²) in [6.45, 7) is 8.59. The Labute approximate surface area is 103 Å². The van der Waals surface area contributed by atoms with Gasteiger partial charge in [0.1, 0.15) is 0 Å². The molecule has 0 aliphatic heterocycles. The van der Waals surface area contributed by atoms with Gasteiger partial charge in [0, 0.05) is 0 Å². The Kier molecular flexibility index (Phi) is 4.10. The largest absolute Gasteiger partial charge is 0.310 e. The molecule has 1 aliphatic rings. The fourth-order valence-electron chi connectivity index (χ4n) is 2.65. The van der Waals surface area contributed by atoms with Gasteiger partial charge < -0.3 is 5.32 Å². The van der Waals surface area contributed by atoms with Gasteiger partial charge in [0.15, 0.2) is 5.82 Å².